The van der Waals surface area contributed by atoms with Crippen LogP contribution in [0.15, 0.2) is 24.3 Å². The van der Waals surface area contributed by atoms with E-state index in [4.69, 9.17) is 0 Å². The maximum Gasteiger partial charge on any atom is 0.118 e. The van der Waals surface area contributed by atoms with Gasteiger partial charge in [-0.15, -0.1) is 5.92 Å². The molecule has 0 unspecified atom stereocenters. The lowest BCUT2D eigenvalue weighted by Crippen LogP contribution is -1.95. The number of anilines is 1. The normalized spacial score (nSPS) is 9.50. The van der Waals surface area contributed by atoms with E-state index in [2.05, 4.69) is 27.6 Å². The Labute approximate surface area is 87.1 Å². The summed E-state index contributed by atoms with van der Waals surface area (Å²) in [5.74, 6) is 5.82. The van der Waals surface area contributed by atoms with Gasteiger partial charge in [0.25, 0.3) is 0 Å². The summed E-state index contributed by atoms with van der Waals surface area (Å²) in [6.07, 6.45) is 0. The zero-order chi connectivity index (χ0) is 9.80. The Morgan fingerprint density at radius 3 is 3.14 bits per heavy atom. The molecule has 0 aliphatic rings. The highest BCUT2D eigenvalue weighted by Crippen LogP contribution is 2.26. The molecule has 0 atom stereocenters. The lowest BCUT2D eigenvalue weighted by atomic mass is 10.2. The number of nitrogens with one attached hydrogen (secondary N) is 1. The molecule has 1 aromatic heterocycles. The molecule has 70 valence electrons. The second-order valence-corrected chi connectivity index (χ2v) is 3.58. The molecule has 0 aliphatic carbocycles. The van der Waals surface area contributed by atoms with Crippen LogP contribution in [0, 0.1) is 11.8 Å². The maximum atomic E-state index is 4.33. The van der Waals surface area contributed by atoms with E-state index in [0.29, 0.717) is 6.54 Å². The van der Waals surface area contributed by atoms with Gasteiger partial charge in [0.05, 0.1) is 12.1 Å². The fourth-order valence-corrected chi connectivity index (χ4v) is 1.99. The Morgan fingerprint density at radius 2 is 2.29 bits per heavy atom. The summed E-state index contributed by atoms with van der Waals surface area (Å²) in [6, 6.07) is 8.11. The molecule has 0 amide bonds. The number of hydrogen-bond acceptors (Lipinski definition) is 3. The van der Waals surface area contributed by atoms with Gasteiger partial charge in [0, 0.05) is 5.39 Å². The Bertz CT molecular complexity index is 490. The average Bonchev–Trinajstić information content (AvgIpc) is 2.63. The highest BCUT2D eigenvalue weighted by Gasteiger charge is 2.02. The van der Waals surface area contributed by atoms with E-state index in [0.717, 1.165) is 10.5 Å². The van der Waals surface area contributed by atoms with Gasteiger partial charge >= 0.3 is 0 Å². The first-order valence-electron chi connectivity index (χ1n) is 4.39. The zero-order valence-electron chi connectivity index (χ0n) is 7.87. The highest BCUT2D eigenvalue weighted by atomic mass is 32.1. The summed E-state index contributed by atoms with van der Waals surface area (Å²) in [7, 11) is 0. The summed E-state index contributed by atoms with van der Waals surface area (Å²) in [6.45, 7) is 2.52. The van der Waals surface area contributed by atoms with Gasteiger partial charge in [0.2, 0.25) is 0 Å². The van der Waals surface area contributed by atoms with Crippen LogP contribution in [0.2, 0.25) is 0 Å². The smallest absolute Gasteiger partial charge is 0.118 e. The minimum absolute atomic E-state index is 0.683. The summed E-state index contributed by atoms with van der Waals surface area (Å²) < 4.78 is 4.33. The molecule has 0 saturated carbocycles. The van der Waals surface area contributed by atoms with Crippen molar-refractivity contribution in [3.8, 4) is 11.8 Å². The van der Waals surface area contributed by atoms with Crippen molar-refractivity contribution >= 4 is 27.4 Å². The molecule has 2 nitrogen and oxygen atoms in total. The van der Waals surface area contributed by atoms with E-state index < -0.39 is 0 Å². The van der Waals surface area contributed by atoms with Gasteiger partial charge in [0.15, 0.2) is 0 Å². The Hall–Kier alpha value is -1.53. The predicted molar refractivity (Wildman–Crippen MR) is 61.6 cm³/mol. The van der Waals surface area contributed by atoms with Crippen LogP contribution in [0.3, 0.4) is 0 Å². The van der Waals surface area contributed by atoms with Crippen LogP contribution >= 0.6 is 11.5 Å². The van der Waals surface area contributed by atoms with Crippen LogP contribution in [-0.2, 0) is 0 Å². The van der Waals surface area contributed by atoms with E-state index in [-0.39, 0.29) is 0 Å². The van der Waals surface area contributed by atoms with Gasteiger partial charge in [0.1, 0.15) is 5.00 Å². The topological polar surface area (TPSA) is 24.9 Å². The van der Waals surface area contributed by atoms with E-state index in [9.17, 15) is 0 Å². The van der Waals surface area contributed by atoms with Crippen molar-refractivity contribution in [3.63, 3.8) is 0 Å². The van der Waals surface area contributed by atoms with Crippen molar-refractivity contribution in [2.24, 2.45) is 0 Å². The molecule has 0 spiro atoms. The van der Waals surface area contributed by atoms with Crippen molar-refractivity contribution in [2.75, 3.05) is 11.9 Å². The predicted octanol–water partition coefficient (Wildman–Crippen LogP) is 2.73. The van der Waals surface area contributed by atoms with Crippen LogP contribution in [0.4, 0.5) is 5.00 Å². The molecule has 2 aromatic rings. The summed E-state index contributed by atoms with van der Waals surface area (Å²) in [4.78, 5) is 0. The van der Waals surface area contributed by atoms with Crippen molar-refractivity contribution in [3.05, 3.63) is 24.3 Å². The summed E-state index contributed by atoms with van der Waals surface area (Å²) in [5, 5.41) is 5.53. The molecule has 0 radical (unpaired) electrons. The van der Waals surface area contributed by atoms with Gasteiger partial charge in [-0.3, -0.25) is 0 Å². The standard InChI is InChI=1S/C11H10N2S/c1-2-3-8-12-11-9-6-4-5-7-10(9)13-14-11/h4-7,12H,8H2,1H3. The van der Waals surface area contributed by atoms with E-state index in [1.165, 1.54) is 16.9 Å². The molecular weight excluding hydrogens is 192 g/mol. The number of hydrogen-bond donors (Lipinski definition) is 1. The van der Waals surface area contributed by atoms with Crippen molar-refractivity contribution in [1.82, 2.24) is 4.37 Å². The van der Waals surface area contributed by atoms with Gasteiger partial charge in [-0.25, -0.2) is 0 Å². The van der Waals surface area contributed by atoms with Crippen LogP contribution < -0.4 is 5.32 Å². The largest absolute Gasteiger partial charge is 0.364 e. The first-order chi connectivity index (χ1) is 6.92. The van der Waals surface area contributed by atoms with Gasteiger partial charge in [-0.2, -0.15) is 4.37 Å². The molecule has 2 rings (SSSR count). The molecule has 1 heterocycles. The number of rotatable bonds is 2. The molecule has 3 heteroatoms. The van der Waals surface area contributed by atoms with Crippen LogP contribution in [-0.4, -0.2) is 10.9 Å². The first-order valence-corrected chi connectivity index (χ1v) is 5.17. The van der Waals surface area contributed by atoms with Gasteiger partial charge < -0.3 is 5.32 Å². The van der Waals surface area contributed by atoms with Crippen molar-refractivity contribution < 1.29 is 0 Å². The number of benzene rings is 1. The molecule has 1 N–H and O–H groups in total. The molecule has 0 saturated heterocycles. The van der Waals surface area contributed by atoms with Crippen LogP contribution in [0.25, 0.3) is 10.9 Å². The zero-order valence-corrected chi connectivity index (χ0v) is 8.69. The van der Waals surface area contributed by atoms with E-state index >= 15 is 0 Å². The minimum Gasteiger partial charge on any atom is -0.364 e. The Balaban J connectivity index is 2.28. The quantitative estimate of drug-likeness (QED) is 0.757. The average molecular weight is 202 g/mol. The SMILES string of the molecule is CC#CCNc1snc2ccccc12. The molecular formula is C11H10N2S. The second kappa shape index (κ2) is 4.12. The third-order valence-corrected chi connectivity index (χ3v) is 2.73. The van der Waals surface area contributed by atoms with Crippen LogP contribution in [0.5, 0.6) is 0 Å². The Morgan fingerprint density at radius 1 is 1.43 bits per heavy atom. The monoisotopic (exact) mass is 202 g/mol. The van der Waals surface area contributed by atoms with Gasteiger partial charge in [-0.1, -0.05) is 18.1 Å². The number of aromatic nitrogens is 1. The molecule has 0 bridgehead atoms. The summed E-state index contributed by atoms with van der Waals surface area (Å²) >= 11 is 1.48. The van der Waals surface area contributed by atoms with E-state index in [1.54, 1.807) is 0 Å². The van der Waals surface area contributed by atoms with Crippen molar-refractivity contribution in [2.45, 2.75) is 6.92 Å². The molecule has 0 fully saturated rings. The van der Waals surface area contributed by atoms with Gasteiger partial charge in [-0.05, 0) is 30.6 Å². The minimum atomic E-state index is 0.683. The molecule has 0 aliphatic heterocycles. The number of fused-ring (bicyclic) bond motifs is 1. The third kappa shape index (κ3) is 1.70. The molecule has 14 heavy (non-hydrogen) atoms. The second-order valence-electron chi connectivity index (χ2n) is 2.81. The summed E-state index contributed by atoms with van der Waals surface area (Å²) in [5.41, 5.74) is 1.05. The lowest BCUT2D eigenvalue weighted by molar-refractivity contribution is 1.42. The van der Waals surface area contributed by atoms with Crippen molar-refractivity contribution in [1.29, 1.82) is 0 Å². The third-order valence-electron chi connectivity index (χ3n) is 1.90. The molecule has 1 aromatic carbocycles. The van der Waals surface area contributed by atoms with Crippen LogP contribution in [0.1, 0.15) is 6.92 Å². The highest BCUT2D eigenvalue weighted by molar-refractivity contribution is 7.11. The lowest BCUT2D eigenvalue weighted by Gasteiger charge is -1.96. The first kappa shape index (κ1) is 9.04. The Kier molecular flexibility index (Phi) is 2.66. The van der Waals surface area contributed by atoms with E-state index in [1.807, 2.05) is 25.1 Å². The maximum absolute atomic E-state index is 4.33. The fourth-order valence-electron chi connectivity index (χ4n) is 1.23. The fraction of sp³-hybridized carbons (Fsp3) is 0.182. The number of nitrogens with zero attached hydrogens (tertiary/aromatic N) is 1.